The van der Waals surface area contributed by atoms with E-state index in [-0.39, 0.29) is 0 Å². The summed E-state index contributed by atoms with van der Waals surface area (Å²) in [6, 6.07) is 6.57. The van der Waals surface area contributed by atoms with Crippen LogP contribution in [-0.4, -0.2) is 16.7 Å². The Bertz CT molecular complexity index is 546. The van der Waals surface area contributed by atoms with Crippen molar-refractivity contribution in [3.05, 3.63) is 42.0 Å². The third-order valence-electron chi connectivity index (χ3n) is 3.12. The summed E-state index contributed by atoms with van der Waals surface area (Å²) in [6.07, 6.45) is 3.77. The van der Waals surface area contributed by atoms with Crippen molar-refractivity contribution < 1.29 is 4.74 Å². The minimum absolute atomic E-state index is 0.416. The molecule has 2 rings (SSSR count). The van der Waals surface area contributed by atoms with E-state index < -0.39 is 0 Å². The number of methoxy groups -OCH3 is 1. The van der Waals surface area contributed by atoms with Crippen molar-refractivity contribution in [1.82, 2.24) is 9.55 Å². The van der Waals surface area contributed by atoms with Gasteiger partial charge in [-0.15, -0.1) is 0 Å². The van der Waals surface area contributed by atoms with Gasteiger partial charge in [0.25, 0.3) is 0 Å². The number of hydrogen-bond acceptors (Lipinski definition) is 3. The quantitative estimate of drug-likeness (QED) is 0.894. The van der Waals surface area contributed by atoms with Crippen LogP contribution in [0.15, 0.2) is 30.7 Å². The van der Waals surface area contributed by atoms with Crippen LogP contribution in [0.5, 0.6) is 5.75 Å². The summed E-state index contributed by atoms with van der Waals surface area (Å²) in [4.78, 5) is 4.20. The molecule has 0 unspecified atom stereocenters. The molecule has 1 heterocycles. The lowest BCUT2D eigenvalue weighted by Crippen LogP contribution is -2.09. The summed E-state index contributed by atoms with van der Waals surface area (Å²) in [5.41, 5.74) is 3.36. The smallest absolute Gasteiger partial charge is 0.142 e. The van der Waals surface area contributed by atoms with Crippen molar-refractivity contribution in [2.24, 2.45) is 0 Å². The third kappa shape index (κ3) is 3.08. The molecule has 0 bridgehead atoms. The molecular formula is C15H21N3O. The van der Waals surface area contributed by atoms with E-state index in [1.807, 2.05) is 24.7 Å². The summed E-state index contributed by atoms with van der Waals surface area (Å²) in [6.45, 7) is 7.09. The second kappa shape index (κ2) is 5.78. The van der Waals surface area contributed by atoms with Crippen molar-refractivity contribution in [2.75, 3.05) is 12.4 Å². The number of aryl methyl sites for hydroxylation is 1. The second-order valence-electron chi connectivity index (χ2n) is 4.94. The van der Waals surface area contributed by atoms with E-state index in [1.54, 1.807) is 7.11 Å². The van der Waals surface area contributed by atoms with Crippen LogP contribution in [0.3, 0.4) is 0 Å². The van der Waals surface area contributed by atoms with Gasteiger partial charge < -0.3 is 14.6 Å². The lowest BCUT2D eigenvalue weighted by Gasteiger charge is -2.15. The monoisotopic (exact) mass is 259 g/mol. The summed E-state index contributed by atoms with van der Waals surface area (Å²) in [5.74, 6) is 0.871. The number of hydrogen-bond donors (Lipinski definition) is 1. The van der Waals surface area contributed by atoms with Crippen molar-refractivity contribution in [3.8, 4) is 5.75 Å². The lowest BCUT2D eigenvalue weighted by molar-refractivity contribution is 0.416. The van der Waals surface area contributed by atoms with Crippen LogP contribution < -0.4 is 10.1 Å². The minimum atomic E-state index is 0.416. The van der Waals surface area contributed by atoms with Crippen LogP contribution in [0.1, 0.15) is 31.1 Å². The molecule has 4 nitrogen and oxygen atoms in total. The fourth-order valence-corrected chi connectivity index (χ4v) is 2.06. The van der Waals surface area contributed by atoms with Crippen LogP contribution in [0, 0.1) is 6.92 Å². The van der Waals surface area contributed by atoms with Crippen molar-refractivity contribution >= 4 is 5.69 Å². The van der Waals surface area contributed by atoms with E-state index in [4.69, 9.17) is 4.74 Å². The Morgan fingerprint density at radius 1 is 1.37 bits per heavy atom. The highest BCUT2D eigenvalue weighted by Gasteiger charge is 2.07. The first-order chi connectivity index (χ1) is 9.11. The molecule has 19 heavy (non-hydrogen) atoms. The molecule has 1 aromatic carbocycles. The normalized spacial score (nSPS) is 10.8. The number of nitrogens with one attached hydrogen (secondary N) is 1. The maximum atomic E-state index is 5.39. The zero-order valence-electron chi connectivity index (χ0n) is 12.0. The average Bonchev–Trinajstić information content (AvgIpc) is 2.85. The van der Waals surface area contributed by atoms with Gasteiger partial charge in [-0.2, -0.15) is 0 Å². The largest absolute Gasteiger partial charge is 0.495 e. The predicted molar refractivity (Wildman–Crippen MR) is 77.7 cm³/mol. The van der Waals surface area contributed by atoms with Crippen LogP contribution in [-0.2, 0) is 6.54 Å². The van der Waals surface area contributed by atoms with E-state index in [9.17, 15) is 0 Å². The fraction of sp³-hybridized carbons (Fsp3) is 0.400. The lowest BCUT2D eigenvalue weighted by atomic mass is 10.2. The highest BCUT2D eigenvalue weighted by Crippen LogP contribution is 2.25. The summed E-state index contributed by atoms with van der Waals surface area (Å²) >= 11 is 0. The molecule has 102 valence electrons. The van der Waals surface area contributed by atoms with Gasteiger partial charge in [0.05, 0.1) is 31.4 Å². The van der Waals surface area contributed by atoms with Crippen molar-refractivity contribution in [1.29, 1.82) is 0 Å². The maximum absolute atomic E-state index is 5.39. The first-order valence-corrected chi connectivity index (χ1v) is 6.51. The SMILES string of the molecule is COc1cc(C)ccc1NCc1cncn1C(C)C. The second-order valence-corrected chi connectivity index (χ2v) is 4.94. The first-order valence-electron chi connectivity index (χ1n) is 6.51. The van der Waals surface area contributed by atoms with E-state index in [0.29, 0.717) is 6.04 Å². The number of nitrogens with zero attached hydrogens (tertiary/aromatic N) is 2. The Kier molecular flexibility index (Phi) is 4.10. The molecule has 0 aliphatic rings. The van der Waals surface area contributed by atoms with Gasteiger partial charge in [0.1, 0.15) is 5.75 Å². The van der Waals surface area contributed by atoms with Gasteiger partial charge in [-0.3, -0.25) is 0 Å². The van der Waals surface area contributed by atoms with Gasteiger partial charge in [0, 0.05) is 12.2 Å². The maximum Gasteiger partial charge on any atom is 0.142 e. The Morgan fingerprint density at radius 3 is 2.84 bits per heavy atom. The molecule has 0 radical (unpaired) electrons. The van der Waals surface area contributed by atoms with Gasteiger partial charge in [-0.1, -0.05) is 6.07 Å². The number of ether oxygens (including phenoxy) is 1. The minimum Gasteiger partial charge on any atom is -0.495 e. The van der Waals surface area contributed by atoms with Gasteiger partial charge in [-0.25, -0.2) is 4.98 Å². The zero-order valence-corrected chi connectivity index (χ0v) is 12.0. The number of imidazole rings is 1. The van der Waals surface area contributed by atoms with E-state index in [2.05, 4.69) is 41.7 Å². The summed E-state index contributed by atoms with van der Waals surface area (Å²) in [7, 11) is 1.69. The molecule has 0 aliphatic carbocycles. The molecular weight excluding hydrogens is 238 g/mol. The first kappa shape index (κ1) is 13.5. The number of anilines is 1. The summed E-state index contributed by atoms with van der Waals surface area (Å²) in [5, 5.41) is 3.40. The van der Waals surface area contributed by atoms with Gasteiger partial charge in [-0.05, 0) is 38.5 Å². The third-order valence-corrected chi connectivity index (χ3v) is 3.12. The number of aromatic nitrogens is 2. The molecule has 2 aromatic rings. The highest BCUT2D eigenvalue weighted by molar-refractivity contribution is 5.57. The van der Waals surface area contributed by atoms with Crippen LogP contribution in [0.25, 0.3) is 0 Å². The topological polar surface area (TPSA) is 39.1 Å². The number of benzene rings is 1. The molecule has 1 aromatic heterocycles. The Morgan fingerprint density at radius 2 is 2.16 bits per heavy atom. The molecule has 0 saturated heterocycles. The molecule has 4 heteroatoms. The Hall–Kier alpha value is -1.97. The Balaban J connectivity index is 2.12. The zero-order chi connectivity index (χ0) is 13.8. The molecule has 0 amide bonds. The molecule has 0 aliphatic heterocycles. The van der Waals surface area contributed by atoms with Crippen molar-refractivity contribution in [3.63, 3.8) is 0 Å². The van der Waals surface area contributed by atoms with E-state index in [0.717, 1.165) is 23.7 Å². The van der Waals surface area contributed by atoms with Gasteiger partial charge in [0.15, 0.2) is 0 Å². The van der Waals surface area contributed by atoms with Gasteiger partial charge in [0.2, 0.25) is 0 Å². The molecule has 0 spiro atoms. The van der Waals surface area contributed by atoms with E-state index in [1.165, 1.54) is 5.56 Å². The van der Waals surface area contributed by atoms with Crippen LogP contribution >= 0.6 is 0 Å². The molecule has 0 fully saturated rings. The van der Waals surface area contributed by atoms with Crippen molar-refractivity contribution in [2.45, 2.75) is 33.4 Å². The average molecular weight is 259 g/mol. The Labute approximate surface area is 114 Å². The van der Waals surface area contributed by atoms with Crippen LogP contribution in [0.4, 0.5) is 5.69 Å². The van der Waals surface area contributed by atoms with Crippen LogP contribution in [0.2, 0.25) is 0 Å². The molecule has 1 N–H and O–H groups in total. The molecule has 0 atom stereocenters. The fourth-order valence-electron chi connectivity index (χ4n) is 2.06. The van der Waals surface area contributed by atoms with Gasteiger partial charge >= 0.3 is 0 Å². The molecule has 0 saturated carbocycles. The standard InChI is InChI=1S/C15H21N3O/c1-11(2)18-10-16-8-13(18)9-17-14-6-5-12(3)7-15(14)19-4/h5-8,10-11,17H,9H2,1-4H3. The highest BCUT2D eigenvalue weighted by atomic mass is 16.5. The number of rotatable bonds is 5. The van der Waals surface area contributed by atoms with E-state index >= 15 is 0 Å². The predicted octanol–water partition coefficient (Wildman–Crippen LogP) is 3.39. The summed E-state index contributed by atoms with van der Waals surface area (Å²) < 4.78 is 7.55.